The molecule has 0 spiro atoms. The van der Waals surface area contributed by atoms with E-state index < -0.39 is 0 Å². The summed E-state index contributed by atoms with van der Waals surface area (Å²) in [5.41, 5.74) is 3.29. The number of aryl methyl sites for hydroxylation is 1. The molecular weight excluding hydrogens is 360 g/mol. The molecule has 0 heterocycles. The topological polar surface area (TPSA) is 50.4 Å². The van der Waals surface area contributed by atoms with Crippen molar-refractivity contribution < 1.29 is 9.53 Å². The highest BCUT2D eigenvalue weighted by Gasteiger charge is 2.15. The summed E-state index contributed by atoms with van der Waals surface area (Å²) in [6.07, 6.45) is 0. The summed E-state index contributed by atoms with van der Waals surface area (Å²) < 4.78 is 5.92. The number of ether oxygens (including phenoxy) is 1. The SMILES string of the molecule is Cc1ccc(CNCc2c(OCC(=O)NC(C)(C)C)ccc3ccccc23)cc1. The minimum Gasteiger partial charge on any atom is -0.483 e. The van der Waals surface area contributed by atoms with E-state index in [2.05, 4.69) is 54.0 Å². The lowest BCUT2D eigenvalue weighted by molar-refractivity contribution is -0.124. The quantitative estimate of drug-likeness (QED) is 0.613. The summed E-state index contributed by atoms with van der Waals surface area (Å²) in [6.45, 7) is 9.40. The molecule has 4 heteroatoms. The van der Waals surface area contributed by atoms with Gasteiger partial charge in [0, 0.05) is 24.2 Å². The molecule has 0 aliphatic carbocycles. The molecule has 0 unspecified atom stereocenters. The lowest BCUT2D eigenvalue weighted by Gasteiger charge is -2.21. The average Bonchev–Trinajstić information content (AvgIpc) is 2.67. The Kier molecular flexibility index (Phi) is 6.55. The van der Waals surface area contributed by atoms with E-state index in [0.29, 0.717) is 6.54 Å². The van der Waals surface area contributed by atoms with Crippen molar-refractivity contribution in [2.24, 2.45) is 0 Å². The summed E-state index contributed by atoms with van der Waals surface area (Å²) in [6, 6.07) is 20.8. The maximum absolute atomic E-state index is 12.2. The highest BCUT2D eigenvalue weighted by atomic mass is 16.5. The molecular formula is C25H30N2O2. The van der Waals surface area contributed by atoms with Crippen molar-refractivity contribution in [3.05, 3.63) is 77.4 Å². The average molecular weight is 391 g/mol. The first-order chi connectivity index (χ1) is 13.8. The second-order valence-electron chi connectivity index (χ2n) is 8.44. The first-order valence-electron chi connectivity index (χ1n) is 10.0. The number of fused-ring (bicyclic) bond motifs is 1. The molecule has 0 saturated heterocycles. The molecule has 3 aromatic rings. The van der Waals surface area contributed by atoms with Crippen LogP contribution in [0.5, 0.6) is 5.75 Å². The van der Waals surface area contributed by atoms with Gasteiger partial charge in [0.2, 0.25) is 0 Å². The first-order valence-corrected chi connectivity index (χ1v) is 10.0. The molecule has 29 heavy (non-hydrogen) atoms. The molecule has 1 amide bonds. The second kappa shape index (κ2) is 9.10. The molecule has 2 N–H and O–H groups in total. The summed E-state index contributed by atoms with van der Waals surface area (Å²) in [7, 11) is 0. The lowest BCUT2D eigenvalue weighted by Crippen LogP contribution is -2.43. The Balaban J connectivity index is 1.74. The van der Waals surface area contributed by atoms with Gasteiger partial charge >= 0.3 is 0 Å². The molecule has 0 fully saturated rings. The van der Waals surface area contributed by atoms with E-state index >= 15 is 0 Å². The zero-order chi connectivity index (χ0) is 20.9. The van der Waals surface area contributed by atoms with Crippen LogP contribution in [0.3, 0.4) is 0 Å². The molecule has 0 bridgehead atoms. The van der Waals surface area contributed by atoms with Gasteiger partial charge < -0.3 is 15.4 Å². The minimum atomic E-state index is -0.276. The maximum atomic E-state index is 12.2. The third kappa shape index (κ3) is 6.06. The predicted octanol–water partition coefficient (Wildman–Crippen LogP) is 4.73. The van der Waals surface area contributed by atoms with Gasteiger partial charge in [0.1, 0.15) is 5.75 Å². The van der Waals surface area contributed by atoms with E-state index in [4.69, 9.17) is 4.74 Å². The highest BCUT2D eigenvalue weighted by Crippen LogP contribution is 2.28. The van der Waals surface area contributed by atoms with Crippen LogP contribution in [-0.2, 0) is 17.9 Å². The van der Waals surface area contributed by atoms with Crippen LogP contribution >= 0.6 is 0 Å². The van der Waals surface area contributed by atoms with Crippen LogP contribution in [0.2, 0.25) is 0 Å². The highest BCUT2D eigenvalue weighted by molar-refractivity contribution is 5.88. The van der Waals surface area contributed by atoms with Gasteiger partial charge in [-0.15, -0.1) is 0 Å². The van der Waals surface area contributed by atoms with Crippen molar-refractivity contribution in [3.63, 3.8) is 0 Å². The fourth-order valence-corrected chi connectivity index (χ4v) is 3.27. The van der Waals surface area contributed by atoms with Crippen molar-refractivity contribution in [1.29, 1.82) is 0 Å². The molecule has 3 aromatic carbocycles. The maximum Gasteiger partial charge on any atom is 0.258 e. The van der Waals surface area contributed by atoms with Gasteiger partial charge in [-0.3, -0.25) is 4.79 Å². The third-order valence-electron chi connectivity index (χ3n) is 4.62. The Morgan fingerprint density at radius 3 is 2.38 bits per heavy atom. The van der Waals surface area contributed by atoms with Crippen molar-refractivity contribution in [3.8, 4) is 5.75 Å². The Bertz CT molecular complexity index is 972. The minimum absolute atomic E-state index is 0.000568. The summed E-state index contributed by atoms with van der Waals surface area (Å²) in [5, 5.41) is 8.75. The van der Waals surface area contributed by atoms with Crippen LogP contribution in [0.1, 0.15) is 37.5 Å². The van der Waals surface area contributed by atoms with Crippen LogP contribution in [0.25, 0.3) is 10.8 Å². The fraction of sp³-hybridized carbons (Fsp3) is 0.320. The molecule has 152 valence electrons. The van der Waals surface area contributed by atoms with Crippen LogP contribution in [0.4, 0.5) is 0 Å². The zero-order valence-electron chi connectivity index (χ0n) is 17.7. The summed E-state index contributed by atoms with van der Waals surface area (Å²) in [5.74, 6) is 0.619. The second-order valence-corrected chi connectivity index (χ2v) is 8.44. The normalized spacial score (nSPS) is 11.4. The molecule has 0 radical (unpaired) electrons. The standard InChI is InChI=1S/C25H30N2O2/c1-18-9-11-19(12-10-18)15-26-16-22-21-8-6-5-7-20(21)13-14-23(22)29-17-24(28)27-25(2,3)4/h5-14,26H,15-17H2,1-4H3,(H,27,28). The van der Waals surface area contributed by atoms with E-state index in [1.165, 1.54) is 11.1 Å². The molecule has 0 aliphatic rings. The van der Waals surface area contributed by atoms with Crippen LogP contribution < -0.4 is 15.4 Å². The number of carbonyl (C=O) groups is 1. The molecule has 0 atom stereocenters. The molecule has 3 rings (SSSR count). The van der Waals surface area contributed by atoms with Crippen LogP contribution in [0, 0.1) is 6.92 Å². The van der Waals surface area contributed by atoms with Crippen molar-refractivity contribution in [2.45, 2.75) is 46.3 Å². The molecule has 4 nitrogen and oxygen atoms in total. The lowest BCUT2D eigenvalue weighted by atomic mass is 10.0. The van der Waals surface area contributed by atoms with Gasteiger partial charge in [-0.05, 0) is 50.1 Å². The molecule has 0 aliphatic heterocycles. The molecule has 0 aromatic heterocycles. The summed E-state index contributed by atoms with van der Waals surface area (Å²) in [4.78, 5) is 12.2. The van der Waals surface area contributed by atoms with Gasteiger partial charge in [0.05, 0.1) is 0 Å². The number of benzene rings is 3. The number of hydrogen-bond acceptors (Lipinski definition) is 3. The van der Waals surface area contributed by atoms with Crippen molar-refractivity contribution in [1.82, 2.24) is 10.6 Å². The van der Waals surface area contributed by atoms with Crippen LogP contribution in [-0.4, -0.2) is 18.1 Å². The number of amides is 1. The fourth-order valence-electron chi connectivity index (χ4n) is 3.27. The predicted molar refractivity (Wildman–Crippen MR) is 119 cm³/mol. The summed E-state index contributed by atoms with van der Waals surface area (Å²) >= 11 is 0. The molecule has 0 saturated carbocycles. The Hall–Kier alpha value is -2.85. The van der Waals surface area contributed by atoms with E-state index in [1.807, 2.05) is 45.0 Å². The smallest absolute Gasteiger partial charge is 0.258 e. The van der Waals surface area contributed by atoms with E-state index in [-0.39, 0.29) is 18.1 Å². The Labute approximate surface area is 173 Å². The number of carbonyl (C=O) groups excluding carboxylic acids is 1. The van der Waals surface area contributed by atoms with Crippen molar-refractivity contribution >= 4 is 16.7 Å². The van der Waals surface area contributed by atoms with Gasteiger partial charge in [0.15, 0.2) is 6.61 Å². The monoisotopic (exact) mass is 390 g/mol. The van der Waals surface area contributed by atoms with Gasteiger partial charge in [-0.2, -0.15) is 0 Å². The van der Waals surface area contributed by atoms with E-state index in [9.17, 15) is 4.79 Å². The number of rotatable bonds is 7. The Morgan fingerprint density at radius 1 is 0.931 bits per heavy atom. The first kappa shape index (κ1) is 20.9. The van der Waals surface area contributed by atoms with Gasteiger partial charge in [-0.1, -0.05) is 60.2 Å². The van der Waals surface area contributed by atoms with Crippen molar-refractivity contribution in [2.75, 3.05) is 6.61 Å². The van der Waals surface area contributed by atoms with Gasteiger partial charge in [0.25, 0.3) is 5.91 Å². The Morgan fingerprint density at radius 2 is 1.66 bits per heavy atom. The number of hydrogen-bond donors (Lipinski definition) is 2. The number of nitrogens with one attached hydrogen (secondary N) is 2. The van der Waals surface area contributed by atoms with Gasteiger partial charge in [-0.25, -0.2) is 0 Å². The van der Waals surface area contributed by atoms with E-state index in [0.717, 1.165) is 28.6 Å². The zero-order valence-corrected chi connectivity index (χ0v) is 17.7. The third-order valence-corrected chi connectivity index (χ3v) is 4.62. The van der Waals surface area contributed by atoms with E-state index in [1.54, 1.807) is 0 Å². The largest absolute Gasteiger partial charge is 0.483 e. The van der Waals surface area contributed by atoms with Crippen LogP contribution in [0.15, 0.2) is 60.7 Å².